The number of fused-ring (bicyclic) bond motifs is 1. The molecular weight excluding hydrogens is 362 g/mol. The van der Waals surface area contributed by atoms with Crippen LogP contribution in [0.4, 0.5) is 5.13 Å². The highest BCUT2D eigenvalue weighted by Gasteiger charge is 2.23. The second-order valence-electron chi connectivity index (χ2n) is 5.96. The summed E-state index contributed by atoms with van der Waals surface area (Å²) in [4.78, 5) is 21.1. The lowest BCUT2D eigenvalue weighted by Crippen LogP contribution is -2.49. The Hall–Kier alpha value is -1.99. The van der Waals surface area contributed by atoms with E-state index in [0.717, 1.165) is 23.8 Å². The van der Waals surface area contributed by atoms with E-state index in [1.54, 1.807) is 17.4 Å². The quantitative estimate of drug-likeness (QED) is 0.820. The smallest absolute Gasteiger partial charge is 0.227 e. The Morgan fingerprint density at radius 2 is 2.00 bits per heavy atom. The van der Waals surface area contributed by atoms with Crippen molar-refractivity contribution in [1.82, 2.24) is 9.88 Å². The number of aromatic nitrogens is 1. The Morgan fingerprint density at radius 3 is 2.76 bits per heavy atom. The van der Waals surface area contributed by atoms with Crippen molar-refractivity contribution in [3.8, 4) is 11.5 Å². The molecule has 0 atom stereocenters. The van der Waals surface area contributed by atoms with Crippen molar-refractivity contribution >= 4 is 34.0 Å². The zero-order valence-electron chi connectivity index (χ0n) is 13.6. The van der Waals surface area contributed by atoms with Gasteiger partial charge < -0.3 is 19.3 Å². The molecule has 132 valence electrons. The number of carbonyl (C=O) groups excluding carboxylic acids is 1. The van der Waals surface area contributed by atoms with Gasteiger partial charge in [0.25, 0.3) is 0 Å². The number of carbonyl (C=O) groups is 1. The van der Waals surface area contributed by atoms with Crippen molar-refractivity contribution < 1.29 is 14.3 Å². The molecule has 25 heavy (non-hydrogen) atoms. The Labute approximate surface area is 154 Å². The lowest BCUT2D eigenvalue weighted by Gasteiger charge is -2.34. The zero-order valence-corrected chi connectivity index (χ0v) is 15.2. The number of rotatable bonds is 3. The van der Waals surface area contributed by atoms with Crippen molar-refractivity contribution in [1.29, 1.82) is 0 Å². The van der Waals surface area contributed by atoms with Crippen LogP contribution in [0.2, 0.25) is 5.02 Å². The molecule has 4 rings (SSSR count). The van der Waals surface area contributed by atoms with Crippen LogP contribution in [0.25, 0.3) is 0 Å². The maximum atomic E-state index is 12.6. The van der Waals surface area contributed by atoms with Crippen LogP contribution in [-0.2, 0) is 11.2 Å². The average molecular weight is 380 g/mol. The molecule has 0 unspecified atom stereocenters. The average Bonchev–Trinajstić information content (AvgIpc) is 3.16. The van der Waals surface area contributed by atoms with E-state index in [2.05, 4.69) is 9.88 Å². The van der Waals surface area contributed by atoms with Gasteiger partial charge in [-0.3, -0.25) is 4.79 Å². The zero-order chi connectivity index (χ0) is 17.2. The summed E-state index contributed by atoms with van der Waals surface area (Å²) < 4.78 is 11.1. The van der Waals surface area contributed by atoms with E-state index in [-0.39, 0.29) is 5.91 Å². The van der Waals surface area contributed by atoms with Gasteiger partial charge in [-0.05, 0) is 17.7 Å². The van der Waals surface area contributed by atoms with Gasteiger partial charge >= 0.3 is 0 Å². The molecule has 2 aromatic rings. The van der Waals surface area contributed by atoms with Gasteiger partial charge in [0.2, 0.25) is 5.91 Å². The third-order valence-electron chi connectivity index (χ3n) is 4.33. The van der Waals surface area contributed by atoms with Crippen molar-refractivity contribution in [2.24, 2.45) is 0 Å². The summed E-state index contributed by atoms with van der Waals surface area (Å²) in [6, 6.07) is 3.64. The van der Waals surface area contributed by atoms with Crippen LogP contribution >= 0.6 is 22.9 Å². The monoisotopic (exact) mass is 379 g/mol. The maximum Gasteiger partial charge on any atom is 0.227 e. The molecular formula is C17H18ClN3O3S. The molecule has 0 spiro atoms. The highest BCUT2D eigenvalue weighted by Crippen LogP contribution is 2.38. The molecule has 1 amide bonds. The lowest BCUT2D eigenvalue weighted by atomic mass is 10.1. The molecule has 1 aromatic carbocycles. The number of benzene rings is 1. The summed E-state index contributed by atoms with van der Waals surface area (Å²) in [6.45, 7) is 4.02. The Bertz CT molecular complexity index is 761. The molecule has 0 aliphatic carbocycles. The number of anilines is 1. The van der Waals surface area contributed by atoms with Gasteiger partial charge in [-0.15, -0.1) is 11.3 Å². The van der Waals surface area contributed by atoms with Gasteiger partial charge in [-0.1, -0.05) is 11.6 Å². The number of hydrogen-bond donors (Lipinski definition) is 0. The van der Waals surface area contributed by atoms with Crippen LogP contribution in [-0.4, -0.2) is 55.2 Å². The van der Waals surface area contributed by atoms with E-state index in [1.165, 1.54) is 0 Å². The van der Waals surface area contributed by atoms with Crippen LogP contribution in [0.3, 0.4) is 0 Å². The van der Waals surface area contributed by atoms with Crippen molar-refractivity contribution in [3.05, 3.63) is 34.3 Å². The van der Waals surface area contributed by atoms with E-state index in [0.29, 0.717) is 49.2 Å². The summed E-state index contributed by atoms with van der Waals surface area (Å²) in [7, 11) is 0. The van der Waals surface area contributed by atoms with E-state index in [4.69, 9.17) is 21.1 Å². The van der Waals surface area contributed by atoms with E-state index < -0.39 is 0 Å². The predicted molar refractivity (Wildman–Crippen MR) is 97.1 cm³/mol. The van der Waals surface area contributed by atoms with Gasteiger partial charge in [-0.25, -0.2) is 4.98 Å². The molecule has 0 N–H and O–H groups in total. The first-order chi connectivity index (χ1) is 12.2. The van der Waals surface area contributed by atoms with Crippen LogP contribution < -0.4 is 14.4 Å². The molecule has 1 saturated heterocycles. The lowest BCUT2D eigenvalue weighted by molar-refractivity contribution is -0.130. The SMILES string of the molecule is O=C(Cc1cc(Cl)c2c(c1)OCCO2)N1CCN(c2nccs2)CC1. The predicted octanol–water partition coefficient (Wildman–Crippen LogP) is 2.46. The molecule has 1 fully saturated rings. The first-order valence-corrected chi connectivity index (χ1v) is 9.47. The van der Waals surface area contributed by atoms with Crippen molar-refractivity contribution in [2.45, 2.75) is 6.42 Å². The van der Waals surface area contributed by atoms with Gasteiger partial charge in [0.1, 0.15) is 13.2 Å². The number of halogens is 1. The highest BCUT2D eigenvalue weighted by atomic mass is 35.5. The number of thiazole rings is 1. The normalized spacial score (nSPS) is 16.8. The number of hydrogen-bond acceptors (Lipinski definition) is 6. The Morgan fingerprint density at radius 1 is 1.20 bits per heavy atom. The van der Waals surface area contributed by atoms with E-state index in [1.807, 2.05) is 22.5 Å². The van der Waals surface area contributed by atoms with Gasteiger partial charge in [0, 0.05) is 37.8 Å². The summed E-state index contributed by atoms with van der Waals surface area (Å²) in [6.07, 6.45) is 2.12. The first-order valence-electron chi connectivity index (χ1n) is 8.21. The highest BCUT2D eigenvalue weighted by molar-refractivity contribution is 7.13. The second kappa shape index (κ2) is 7.09. The minimum absolute atomic E-state index is 0.103. The molecule has 6 nitrogen and oxygen atoms in total. The number of ether oxygens (including phenoxy) is 2. The molecule has 1 aromatic heterocycles. The molecule has 3 heterocycles. The number of nitrogens with zero attached hydrogens (tertiary/aromatic N) is 3. The largest absolute Gasteiger partial charge is 0.486 e. The molecule has 0 radical (unpaired) electrons. The van der Waals surface area contributed by atoms with Crippen LogP contribution in [0, 0.1) is 0 Å². The standard InChI is InChI=1S/C17H18ClN3O3S/c18-13-9-12(10-14-16(13)24-7-6-23-14)11-15(22)20-2-4-21(5-3-20)17-19-1-8-25-17/h1,8-10H,2-7,11H2. The Kier molecular flexibility index (Phi) is 4.67. The fourth-order valence-corrected chi connectivity index (χ4v) is 4.06. The third-order valence-corrected chi connectivity index (χ3v) is 5.45. The van der Waals surface area contributed by atoms with Crippen LogP contribution in [0.15, 0.2) is 23.7 Å². The van der Waals surface area contributed by atoms with Gasteiger partial charge in [0.15, 0.2) is 16.6 Å². The first kappa shape index (κ1) is 16.5. The molecule has 2 aliphatic rings. The number of amides is 1. The summed E-state index contributed by atoms with van der Waals surface area (Å²) in [5, 5.41) is 3.48. The number of piperazine rings is 1. The molecule has 8 heteroatoms. The Balaban J connectivity index is 1.39. The molecule has 0 bridgehead atoms. The van der Waals surface area contributed by atoms with Gasteiger partial charge in [0.05, 0.1) is 11.4 Å². The van der Waals surface area contributed by atoms with Crippen molar-refractivity contribution in [3.63, 3.8) is 0 Å². The van der Waals surface area contributed by atoms with E-state index in [9.17, 15) is 4.79 Å². The molecule has 0 saturated carbocycles. The third kappa shape index (κ3) is 3.52. The summed E-state index contributed by atoms with van der Waals surface area (Å²) in [5.74, 6) is 1.29. The maximum absolute atomic E-state index is 12.6. The second-order valence-corrected chi connectivity index (χ2v) is 7.24. The fraction of sp³-hybridized carbons (Fsp3) is 0.412. The van der Waals surface area contributed by atoms with Crippen LogP contribution in [0.1, 0.15) is 5.56 Å². The summed E-state index contributed by atoms with van der Waals surface area (Å²) in [5.41, 5.74) is 0.849. The fourth-order valence-electron chi connectivity index (χ4n) is 3.07. The minimum atomic E-state index is 0.103. The molecule has 2 aliphatic heterocycles. The summed E-state index contributed by atoms with van der Waals surface area (Å²) >= 11 is 7.88. The van der Waals surface area contributed by atoms with Crippen molar-refractivity contribution in [2.75, 3.05) is 44.3 Å². The van der Waals surface area contributed by atoms with E-state index >= 15 is 0 Å². The minimum Gasteiger partial charge on any atom is -0.486 e. The van der Waals surface area contributed by atoms with Crippen LogP contribution in [0.5, 0.6) is 11.5 Å². The topological polar surface area (TPSA) is 54.9 Å². The van der Waals surface area contributed by atoms with Gasteiger partial charge in [-0.2, -0.15) is 0 Å².